The second-order valence-electron chi connectivity index (χ2n) is 5.82. The van der Waals surface area contributed by atoms with E-state index in [1.807, 2.05) is 31.2 Å². The summed E-state index contributed by atoms with van der Waals surface area (Å²) in [5, 5.41) is 7.33. The lowest BCUT2D eigenvalue weighted by atomic mass is 9.91. The number of rotatable bonds is 3. The van der Waals surface area contributed by atoms with Crippen LogP contribution in [0.1, 0.15) is 18.5 Å². The van der Waals surface area contributed by atoms with Crippen LogP contribution in [0.25, 0.3) is 0 Å². The summed E-state index contributed by atoms with van der Waals surface area (Å²) in [5.41, 5.74) is 8.32. The molecule has 0 spiro atoms. The van der Waals surface area contributed by atoms with E-state index in [9.17, 15) is 4.79 Å². The van der Waals surface area contributed by atoms with Crippen molar-refractivity contribution in [1.29, 1.82) is 0 Å². The number of carbonyl (C=O) groups excluding carboxylic acids is 1. The molecule has 2 atom stereocenters. The molecule has 3 rings (SSSR count). The smallest absolute Gasteiger partial charge is 0.354 e. The van der Waals surface area contributed by atoms with E-state index in [0.717, 1.165) is 5.56 Å². The third-order valence-electron chi connectivity index (χ3n) is 4.21. The first-order valence-electron chi connectivity index (χ1n) is 7.69. The van der Waals surface area contributed by atoms with Crippen molar-refractivity contribution in [3.63, 3.8) is 0 Å². The maximum atomic E-state index is 12.1. The van der Waals surface area contributed by atoms with E-state index in [4.69, 9.17) is 33.7 Å². The van der Waals surface area contributed by atoms with Crippen LogP contribution in [0.5, 0.6) is 0 Å². The molecule has 1 aliphatic rings. The fourth-order valence-electron chi connectivity index (χ4n) is 2.96. The van der Waals surface area contributed by atoms with E-state index < -0.39 is 5.97 Å². The van der Waals surface area contributed by atoms with Crippen LogP contribution in [0.2, 0.25) is 10.0 Å². The SMILES string of the molecule is COC(=O)C1=NN(c2ccc(N)cc2Cl)C(c2ccc(Cl)cc2)C1C. The summed E-state index contributed by atoms with van der Waals surface area (Å²) < 4.78 is 4.87. The standard InChI is InChI=1S/C18H17Cl2N3O2/c1-10-16(18(24)25-2)22-23(15-8-7-13(21)9-14(15)20)17(10)11-3-5-12(19)6-4-11/h3-10,17H,21H2,1-2H3. The van der Waals surface area contributed by atoms with E-state index in [1.54, 1.807) is 23.2 Å². The van der Waals surface area contributed by atoms with Gasteiger partial charge in [-0.3, -0.25) is 5.01 Å². The molecule has 0 bridgehead atoms. The highest BCUT2D eigenvalue weighted by molar-refractivity contribution is 6.38. The van der Waals surface area contributed by atoms with Crippen LogP contribution < -0.4 is 10.7 Å². The Bertz CT molecular complexity index is 837. The van der Waals surface area contributed by atoms with Gasteiger partial charge in [-0.15, -0.1) is 0 Å². The van der Waals surface area contributed by atoms with Crippen LogP contribution in [-0.4, -0.2) is 18.8 Å². The topological polar surface area (TPSA) is 67.9 Å². The van der Waals surface area contributed by atoms with Gasteiger partial charge in [-0.2, -0.15) is 5.10 Å². The number of carbonyl (C=O) groups is 1. The molecule has 2 unspecified atom stereocenters. The Morgan fingerprint density at radius 2 is 1.88 bits per heavy atom. The third kappa shape index (κ3) is 3.30. The summed E-state index contributed by atoms with van der Waals surface area (Å²) in [6, 6.07) is 12.4. The minimum atomic E-state index is -0.458. The van der Waals surface area contributed by atoms with Crippen LogP contribution in [0, 0.1) is 5.92 Å². The largest absolute Gasteiger partial charge is 0.464 e. The number of methoxy groups -OCH3 is 1. The first-order valence-corrected chi connectivity index (χ1v) is 8.44. The Morgan fingerprint density at radius 1 is 1.20 bits per heavy atom. The number of nitrogen functional groups attached to an aromatic ring is 1. The zero-order chi connectivity index (χ0) is 18.1. The van der Waals surface area contributed by atoms with Crippen molar-refractivity contribution < 1.29 is 9.53 Å². The fraction of sp³-hybridized carbons (Fsp3) is 0.222. The van der Waals surface area contributed by atoms with Gasteiger partial charge in [0.1, 0.15) is 0 Å². The van der Waals surface area contributed by atoms with Gasteiger partial charge in [0.05, 0.1) is 23.9 Å². The van der Waals surface area contributed by atoms with E-state index in [-0.39, 0.29) is 12.0 Å². The monoisotopic (exact) mass is 377 g/mol. The van der Waals surface area contributed by atoms with Gasteiger partial charge in [-0.25, -0.2) is 4.79 Å². The second kappa shape index (κ2) is 6.94. The molecule has 1 aliphatic heterocycles. The van der Waals surface area contributed by atoms with Crippen LogP contribution in [0.15, 0.2) is 47.6 Å². The van der Waals surface area contributed by atoms with E-state index in [2.05, 4.69) is 5.10 Å². The Hall–Kier alpha value is -2.24. The molecule has 0 aromatic heterocycles. The van der Waals surface area contributed by atoms with E-state index in [1.165, 1.54) is 7.11 Å². The summed E-state index contributed by atoms with van der Waals surface area (Å²) in [4.78, 5) is 12.1. The molecule has 2 aromatic rings. The molecule has 2 aromatic carbocycles. The molecule has 0 radical (unpaired) electrons. The first-order chi connectivity index (χ1) is 11.9. The number of benzene rings is 2. The molecule has 0 saturated carbocycles. The van der Waals surface area contributed by atoms with Gasteiger partial charge in [0.15, 0.2) is 5.71 Å². The summed E-state index contributed by atoms with van der Waals surface area (Å²) in [6.45, 7) is 1.93. The molecule has 0 saturated heterocycles. The molecule has 1 heterocycles. The Balaban J connectivity index is 2.10. The quantitative estimate of drug-likeness (QED) is 0.639. The molecule has 2 N–H and O–H groups in total. The van der Waals surface area contributed by atoms with Crippen molar-refractivity contribution in [3.05, 3.63) is 58.1 Å². The lowest BCUT2D eigenvalue weighted by molar-refractivity contribution is -0.133. The predicted octanol–water partition coefficient (Wildman–Crippen LogP) is 4.30. The summed E-state index contributed by atoms with van der Waals surface area (Å²) >= 11 is 12.4. The maximum absolute atomic E-state index is 12.1. The highest BCUT2D eigenvalue weighted by atomic mass is 35.5. The first kappa shape index (κ1) is 17.6. The highest BCUT2D eigenvalue weighted by Gasteiger charge is 2.40. The minimum absolute atomic E-state index is 0.192. The summed E-state index contributed by atoms with van der Waals surface area (Å²) in [7, 11) is 1.34. The molecular weight excluding hydrogens is 361 g/mol. The number of ether oxygens (including phenoxy) is 1. The number of hydrogen-bond donors (Lipinski definition) is 1. The highest BCUT2D eigenvalue weighted by Crippen LogP contribution is 2.42. The average molecular weight is 378 g/mol. The average Bonchev–Trinajstić information content (AvgIpc) is 2.92. The summed E-state index contributed by atoms with van der Waals surface area (Å²) in [6.07, 6.45) is 0. The van der Waals surface area contributed by atoms with Crippen LogP contribution in [0.4, 0.5) is 11.4 Å². The van der Waals surface area contributed by atoms with Gasteiger partial charge in [0.25, 0.3) is 0 Å². The van der Waals surface area contributed by atoms with Crippen molar-refractivity contribution in [1.82, 2.24) is 0 Å². The van der Waals surface area contributed by atoms with Crippen LogP contribution in [-0.2, 0) is 9.53 Å². The number of esters is 1. The molecule has 7 heteroatoms. The van der Waals surface area contributed by atoms with Crippen molar-refractivity contribution in [2.45, 2.75) is 13.0 Å². The van der Waals surface area contributed by atoms with Gasteiger partial charge in [-0.1, -0.05) is 42.3 Å². The van der Waals surface area contributed by atoms with Gasteiger partial charge in [-0.05, 0) is 35.9 Å². The van der Waals surface area contributed by atoms with E-state index in [0.29, 0.717) is 27.1 Å². The van der Waals surface area contributed by atoms with Crippen molar-refractivity contribution >= 4 is 46.3 Å². The number of anilines is 2. The van der Waals surface area contributed by atoms with Crippen molar-refractivity contribution in [3.8, 4) is 0 Å². The van der Waals surface area contributed by atoms with Crippen molar-refractivity contribution in [2.75, 3.05) is 17.9 Å². The zero-order valence-electron chi connectivity index (χ0n) is 13.7. The Kier molecular flexibility index (Phi) is 4.88. The normalized spacial score (nSPS) is 19.7. The van der Waals surface area contributed by atoms with Gasteiger partial charge >= 0.3 is 5.97 Å². The van der Waals surface area contributed by atoms with E-state index >= 15 is 0 Å². The van der Waals surface area contributed by atoms with Gasteiger partial charge in [0.2, 0.25) is 0 Å². The number of hydrogen-bond acceptors (Lipinski definition) is 5. The lowest BCUT2D eigenvalue weighted by Gasteiger charge is -2.27. The molecular formula is C18H17Cl2N3O2. The Morgan fingerprint density at radius 3 is 2.48 bits per heavy atom. The zero-order valence-corrected chi connectivity index (χ0v) is 15.3. The molecule has 5 nitrogen and oxygen atoms in total. The number of nitrogens with two attached hydrogens (primary N) is 1. The second-order valence-corrected chi connectivity index (χ2v) is 6.66. The molecule has 130 valence electrons. The maximum Gasteiger partial charge on any atom is 0.354 e. The number of halogens is 2. The Labute approximate surface area is 156 Å². The minimum Gasteiger partial charge on any atom is -0.464 e. The third-order valence-corrected chi connectivity index (χ3v) is 4.76. The van der Waals surface area contributed by atoms with Crippen molar-refractivity contribution in [2.24, 2.45) is 11.0 Å². The van der Waals surface area contributed by atoms with Gasteiger partial charge in [0, 0.05) is 16.6 Å². The molecule has 0 fully saturated rings. The van der Waals surface area contributed by atoms with Crippen LogP contribution >= 0.6 is 23.2 Å². The molecule has 0 amide bonds. The van der Waals surface area contributed by atoms with Gasteiger partial charge < -0.3 is 10.5 Å². The predicted molar refractivity (Wildman–Crippen MR) is 101 cm³/mol. The summed E-state index contributed by atoms with van der Waals surface area (Å²) in [5.74, 6) is -0.650. The molecule has 0 aliphatic carbocycles. The fourth-order valence-corrected chi connectivity index (χ4v) is 3.37. The number of hydrazone groups is 1. The lowest BCUT2D eigenvalue weighted by Crippen LogP contribution is -2.26. The molecule has 25 heavy (non-hydrogen) atoms. The van der Waals surface area contributed by atoms with Crippen LogP contribution in [0.3, 0.4) is 0 Å². The number of nitrogens with zero attached hydrogens (tertiary/aromatic N) is 2.